The molecule has 0 aliphatic heterocycles. The maximum absolute atomic E-state index is 12.5. The van der Waals surface area contributed by atoms with Gasteiger partial charge in [0.2, 0.25) is 5.91 Å². The Kier molecular flexibility index (Phi) is 10.4. The summed E-state index contributed by atoms with van der Waals surface area (Å²) in [5.41, 5.74) is 5.06. The molecule has 35 heavy (non-hydrogen) atoms. The first-order chi connectivity index (χ1) is 17.0. The molecule has 2 N–H and O–H groups in total. The van der Waals surface area contributed by atoms with Crippen molar-refractivity contribution in [1.82, 2.24) is 0 Å². The Morgan fingerprint density at radius 3 is 2.11 bits per heavy atom. The number of carbonyl (C=O) groups is 2. The fourth-order valence-electron chi connectivity index (χ4n) is 3.47. The van der Waals surface area contributed by atoms with Gasteiger partial charge in [-0.15, -0.1) is 11.8 Å². The highest BCUT2D eigenvalue weighted by atomic mass is 32.2. The number of anilines is 1. The molecule has 0 aromatic heterocycles. The molecule has 0 heterocycles. The second-order valence-electron chi connectivity index (χ2n) is 8.22. The first-order valence-corrected chi connectivity index (χ1v) is 12.8. The highest BCUT2D eigenvalue weighted by Gasteiger charge is 2.06. The molecule has 3 aromatic rings. The number of amides is 1. The monoisotopic (exact) mass is 485 g/mol. The molecule has 0 saturated heterocycles. The van der Waals surface area contributed by atoms with E-state index in [1.807, 2.05) is 54.6 Å². The third-order valence-electron chi connectivity index (χ3n) is 5.41. The van der Waals surface area contributed by atoms with E-state index in [0.29, 0.717) is 0 Å². The van der Waals surface area contributed by atoms with Crippen LogP contribution in [0.15, 0.2) is 89.8 Å². The van der Waals surface area contributed by atoms with E-state index in [2.05, 4.69) is 36.5 Å². The van der Waals surface area contributed by atoms with E-state index < -0.39 is 5.97 Å². The number of aryl methyl sites for hydroxylation is 1. The summed E-state index contributed by atoms with van der Waals surface area (Å²) in [6.07, 6.45) is 10.9. The van der Waals surface area contributed by atoms with Crippen molar-refractivity contribution in [2.45, 2.75) is 43.3 Å². The number of rotatable bonds is 12. The van der Waals surface area contributed by atoms with Crippen LogP contribution in [0.25, 0.3) is 12.2 Å². The van der Waals surface area contributed by atoms with Gasteiger partial charge in [0, 0.05) is 22.8 Å². The predicted molar refractivity (Wildman–Crippen MR) is 146 cm³/mol. The summed E-state index contributed by atoms with van der Waals surface area (Å²) in [6, 6.07) is 23.9. The first-order valence-electron chi connectivity index (χ1n) is 11.8. The number of benzene rings is 3. The average Bonchev–Trinajstić information content (AvgIpc) is 2.87. The van der Waals surface area contributed by atoms with Gasteiger partial charge in [0.25, 0.3) is 0 Å². The maximum Gasteiger partial charge on any atom is 0.328 e. The van der Waals surface area contributed by atoms with Gasteiger partial charge in [0.1, 0.15) is 0 Å². The second kappa shape index (κ2) is 14.0. The van der Waals surface area contributed by atoms with Crippen LogP contribution in [-0.2, 0) is 21.8 Å². The molecular weight excluding hydrogens is 454 g/mol. The Balaban J connectivity index is 1.55. The Labute approximate surface area is 211 Å². The van der Waals surface area contributed by atoms with Crippen molar-refractivity contribution in [1.29, 1.82) is 0 Å². The fourth-order valence-corrected chi connectivity index (χ4v) is 4.43. The Bertz CT molecular complexity index is 1160. The highest BCUT2D eigenvalue weighted by Crippen LogP contribution is 2.30. The van der Waals surface area contributed by atoms with Crippen molar-refractivity contribution in [2.75, 3.05) is 5.32 Å². The molecule has 0 atom stereocenters. The Morgan fingerprint density at radius 1 is 0.829 bits per heavy atom. The fraction of sp³-hybridized carbons (Fsp3) is 0.200. The minimum atomic E-state index is -0.964. The lowest BCUT2D eigenvalue weighted by atomic mass is 10.1. The summed E-state index contributed by atoms with van der Waals surface area (Å²) in [5, 5.41) is 11.7. The van der Waals surface area contributed by atoms with Gasteiger partial charge in [-0.2, -0.15) is 0 Å². The molecule has 0 bridgehead atoms. The summed E-state index contributed by atoms with van der Waals surface area (Å²) in [6.45, 7) is 2.21. The van der Waals surface area contributed by atoms with Gasteiger partial charge in [-0.1, -0.05) is 80.4 Å². The molecule has 3 aromatic carbocycles. The van der Waals surface area contributed by atoms with E-state index in [0.717, 1.165) is 45.5 Å². The van der Waals surface area contributed by atoms with Crippen molar-refractivity contribution >= 4 is 41.5 Å². The van der Waals surface area contributed by atoms with Crippen LogP contribution >= 0.6 is 11.8 Å². The maximum atomic E-state index is 12.5. The number of para-hydroxylation sites is 1. The molecule has 0 spiro atoms. The van der Waals surface area contributed by atoms with Gasteiger partial charge in [0.05, 0.1) is 5.69 Å². The largest absolute Gasteiger partial charge is 0.478 e. The third-order valence-corrected chi connectivity index (χ3v) is 6.56. The van der Waals surface area contributed by atoms with Crippen LogP contribution in [0.1, 0.15) is 48.4 Å². The van der Waals surface area contributed by atoms with Crippen LogP contribution < -0.4 is 5.32 Å². The van der Waals surface area contributed by atoms with Crippen LogP contribution in [-0.4, -0.2) is 17.0 Å². The van der Waals surface area contributed by atoms with Crippen molar-refractivity contribution in [3.8, 4) is 0 Å². The summed E-state index contributed by atoms with van der Waals surface area (Å²) >= 11 is 1.64. The molecule has 3 rings (SSSR count). The van der Waals surface area contributed by atoms with Gasteiger partial charge in [-0.05, 0) is 59.4 Å². The number of nitrogens with one attached hydrogen (secondary N) is 1. The highest BCUT2D eigenvalue weighted by molar-refractivity contribution is 7.98. The summed E-state index contributed by atoms with van der Waals surface area (Å²) in [7, 11) is 0. The molecular formula is C30H31NO3S. The van der Waals surface area contributed by atoms with Crippen molar-refractivity contribution in [3.63, 3.8) is 0 Å². The smallest absolute Gasteiger partial charge is 0.328 e. The van der Waals surface area contributed by atoms with Crippen molar-refractivity contribution in [2.24, 2.45) is 0 Å². The third kappa shape index (κ3) is 9.30. The van der Waals surface area contributed by atoms with Crippen LogP contribution in [0, 0.1) is 0 Å². The van der Waals surface area contributed by atoms with E-state index in [1.165, 1.54) is 24.8 Å². The zero-order valence-corrected chi connectivity index (χ0v) is 20.8. The SMILES string of the molecule is CCCCCc1ccc(C=CC(=O)Nc2ccccc2SCc2ccc(C=CC(=O)O)cc2)cc1. The number of hydrogen-bond donors (Lipinski definition) is 2. The molecule has 0 fully saturated rings. The predicted octanol–water partition coefficient (Wildman–Crippen LogP) is 7.46. The number of aliphatic carboxylic acids is 1. The lowest BCUT2D eigenvalue weighted by molar-refractivity contribution is -0.131. The minimum absolute atomic E-state index is 0.167. The first kappa shape index (κ1) is 26.0. The quantitative estimate of drug-likeness (QED) is 0.159. The molecule has 0 aliphatic carbocycles. The van der Waals surface area contributed by atoms with Crippen molar-refractivity contribution < 1.29 is 14.7 Å². The molecule has 0 radical (unpaired) electrons. The van der Waals surface area contributed by atoms with Gasteiger partial charge in [0.15, 0.2) is 0 Å². The lowest BCUT2D eigenvalue weighted by Crippen LogP contribution is -2.08. The Morgan fingerprint density at radius 2 is 1.46 bits per heavy atom. The zero-order valence-electron chi connectivity index (χ0n) is 19.9. The van der Waals surface area contributed by atoms with Crippen LogP contribution in [0.4, 0.5) is 5.69 Å². The number of carbonyl (C=O) groups excluding carboxylic acids is 1. The second-order valence-corrected chi connectivity index (χ2v) is 9.24. The number of thioether (sulfide) groups is 1. The van der Waals surface area contributed by atoms with E-state index in [1.54, 1.807) is 23.9 Å². The molecule has 1 amide bonds. The summed E-state index contributed by atoms with van der Waals surface area (Å²) in [4.78, 5) is 24.2. The molecule has 4 nitrogen and oxygen atoms in total. The van der Waals surface area contributed by atoms with Gasteiger partial charge in [-0.25, -0.2) is 4.79 Å². The molecule has 180 valence electrons. The zero-order chi connectivity index (χ0) is 24.9. The molecule has 0 aliphatic rings. The summed E-state index contributed by atoms with van der Waals surface area (Å²) in [5.74, 6) is -0.399. The minimum Gasteiger partial charge on any atom is -0.478 e. The lowest BCUT2D eigenvalue weighted by Gasteiger charge is -2.10. The van der Waals surface area contributed by atoms with E-state index >= 15 is 0 Å². The van der Waals surface area contributed by atoms with Crippen LogP contribution in [0.2, 0.25) is 0 Å². The number of carboxylic acid groups (broad SMARTS) is 1. The Hall–Kier alpha value is -3.57. The van der Waals surface area contributed by atoms with E-state index in [4.69, 9.17) is 5.11 Å². The molecule has 0 saturated carbocycles. The summed E-state index contributed by atoms with van der Waals surface area (Å²) < 4.78 is 0. The van der Waals surface area contributed by atoms with Crippen molar-refractivity contribution in [3.05, 3.63) is 107 Å². The van der Waals surface area contributed by atoms with E-state index in [9.17, 15) is 9.59 Å². The number of unbranched alkanes of at least 4 members (excludes halogenated alkanes) is 2. The van der Waals surface area contributed by atoms with Crippen LogP contribution in [0.3, 0.4) is 0 Å². The van der Waals surface area contributed by atoms with Gasteiger partial charge >= 0.3 is 5.97 Å². The average molecular weight is 486 g/mol. The van der Waals surface area contributed by atoms with Gasteiger partial charge < -0.3 is 10.4 Å². The van der Waals surface area contributed by atoms with E-state index in [-0.39, 0.29) is 5.91 Å². The topological polar surface area (TPSA) is 66.4 Å². The number of hydrogen-bond acceptors (Lipinski definition) is 3. The molecule has 5 heteroatoms. The van der Waals surface area contributed by atoms with Crippen LogP contribution in [0.5, 0.6) is 0 Å². The number of carboxylic acids is 1. The standard InChI is InChI=1S/C30H31NO3S/c1-2-3-4-7-23-10-12-24(13-11-23)18-20-29(32)31-27-8-5-6-9-28(27)35-22-26-16-14-25(15-17-26)19-21-30(33)34/h5-6,8-21H,2-4,7,22H2,1H3,(H,31,32)(H,33,34). The van der Waals surface area contributed by atoms with Gasteiger partial charge in [-0.3, -0.25) is 4.79 Å². The normalized spacial score (nSPS) is 11.2. The molecule has 0 unspecified atom stereocenters.